The predicted octanol–water partition coefficient (Wildman–Crippen LogP) is 7.94. The van der Waals surface area contributed by atoms with Gasteiger partial charge in [0.1, 0.15) is 35.9 Å². The molecule has 0 fully saturated rings. The highest BCUT2D eigenvalue weighted by atomic mass is 16.6. The number of rotatable bonds is 12. The minimum Gasteiger partial charge on any atom is -0.489 e. The maximum absolute atomic E-state index is 12.0. The largest absolute Gasteiger partial charge is 0.489 e. The predicted molar refractivity (Wildman–Crippen MR) is 188 cm³/mol. The van der Waals surface area contributed by atoms with Crippen LogP contribution in [0.25, 0.3) is 21.8 Å². The van der Waals surface area contributed by atoms with E-state index in [1.807, 2.05) is 115 Å². The minimum atomic E-state index is -0.527. The molecule has 3 aromatic carbocycles. The number of nitrogens with one attached hydrogen (secondary N) is 4. The van der Waals surface area contributed by atoms with Crippen LogP contribution in [0.5, 0.6) is 11.5 Å². The van der Waals surface area contributed by atoms with Gasteiger partial charge in [-0.25, -0.2) is 9.59 Å². The summed E-state index contributed by atoms with van der Waals surface area (Å²) in [6, 6.07) is 20.2. The molecule has 10 nitrogen and oxygen atoms in total. The fraction of sp³-hybridized carbons (Fsp3) is 0.368. The number of carbonyl (C=O) groups is 2. The molecule has 0 aliphatic carbocycles. The van der Waals surface area contributed by atoms with Crippen molar-refractivity contribution in [3.8, 4) is 11.5 Å². The van der Waals surface area contributed by atoms with Crippen LogP contribution in [0.1, 0.15) is 63.8 Å². The summed E-state index contributed by atoms with van der Waals surface area (Å²) in [4.78, 5) is 30.6. The molecule has 4 N–H and O–H groups in total. The molecule has 48 heavy (non-hydrogen) atoms. The van der Waals surface area contributed by atoms with Gasteiger partial charge in [0.2, 0.25) is 0 Å². The van der Waals surface area contributed by atoms with Gasteiger partial charge in [0.05, 0.1) is 0 Å². The second-order valence-electron chi connectivity index (χ2n) is 13.8. The van der Waals surface area contributed by atoms with Crippen molar-refractivity contribution < 1.29 is 28.5 Å². The Balaban J connectivity index is 1.10. The molecule has 0 saturated heterocycles. The molecule has 0 spiro atoms. The van der Waals surface area contributed by atoms with Crippen molar-refractivity contribution in [2.24, 2.45) is 0 Å². The van der Waals surface area contributed by atoms with E-state index in [2.05, 4.69) is 20.6 Å². The van der Waals surface area contributed by atoms with Gasteiger partial charge in [0.15, 0.2) is 0 Å². The van der Waals surface area contributed by atoms with Crippen molar-refractivity contribution in [3.63, 3.8) is 0 Å². The molecule has 0 aliphatic rings. The monoisotopic (exact) mass is 654 g/mol. The Morgan fingerprint density at radius 2 is 1.00 bits per heavy atom. The average molecular weight is 655 g/mol. The summed E-state index contributed by atoms with van der Waals surface area (Å²) in [5.74, 6) is 1.55. The van der Waals surface area contributed by atoms with E-state index in [-0.39, 0.29) is 0 Å². The number of hydrogen-bond acceptors (Lipinski definition) is 6. The number of benzene rings is 3. The zero-order chi connectivity index (χ0) is 34.3. The Hall–Kier alpha value is -5.12. The van der Waals surface area contributed by atoms with E-state index < -0.39 is 23.4 Å². The number of amides is 2. The van der Waals surface area contributed by atoms with Crippen molar-refractivity contribution in [2.75, 3.05) is 13.1 Å². The molecular weight excluding hydrogens is 608 g/mol. The highest BCUT2D eigenvalue weighted by Gasteiger charge is 2.17. The molecule has 2 amide bonds. The number of fused-ring (bicyclic) bond motifs is 2. The molecule has 0 saturated carbocycles. The second-order valence-corrected chi connectivity index (χ2v) is 13.8. The summed E-state index contributed by atoms with van der Waals surface area (Å²) in [6.07, 6.45) is 4.43. The van der Waals surface area contributed by atoms with Crippen molar-refractivity contribution in [2.45, 2.75) is 78.8 Å². The maximum Gasteiger partial charge on any atom is 0.407 e. The molecule has 0 unspecified atom stereocenters. The molecule has 0 bridgehead atoms. The normalized spacial score (nSPS) is 11.8. The van der Waals surface area contributed by atoms with E-state index >= 15 is 0 Å². The smallest absolute Gasteiger partial charge is 0.407 e. The van der Waals surface area contributed by atoms with E-state index in [9.17, 15) is 9.59 Å². The fourth-order valence-electron chi connectivity index (χ4n) is 5.20. The third-order valence-corrected chi connectivity index (χ3v) is 7.44. The molecule has 0 atom stereocenters. The molecule has 2 heterocycles. The van der Waals surface area contributed by atoms with Crippen LogP contribution in [-0.2, 0) is 35.5 Å². The van der Waals surface area contributed by atoms with Crippen LogP contribution >= 0.6 is 0 Å². The molecular formula is C38H46N4O6. The van der Waals surface area contributed by atoms with Gasteiger partial charge in [-0.2, -0.15) is 0 Å². The number of H-pyrrole nitrogens is 2. The lowest BCUT2D eigenvalue weighted by atomic mass is 10.1. The standard InChI is InChI=1S/C38H46N4O6/c1-37(2,3)47-35(43)39-17-15-27-21-41-33-13-11-29(19-31(27)33)45-23-25-7-9-26(10-8-25)24-46-30-12-14-34-32(20-30)28(22-42-34)16-18-40-36(44)48-38(4,5)6/h7-14,19-22,41-42H,15-18,23-24H2,1-6H3,(H,39,43)(H,40,44). The summed E-state index contributed by atoms with van der Waals surface area (Å²) < 4.78 is 22.9. The van der Waals surface area contributed by atoms with Gasteiger partial charge in [-0.05, 0) is 113 Å². The van der Waals surface area contributed by atoms with Gasteiger partial charge in [-0.1, -0.05) is 24.3 Å². The first-order valence-electron chi connectivity index (χ1n) is 16.3. The number of ether oxygens (including phenoxy) is 4. The average Bonchev–Trinajstić information content (AvgIpc) is 3.61. The first kappa shape index (κ1) is 34.2. The Morgan fingerprint density at radius 1 is 0.604 bits per heavy atom. The zero-order valence-electron chi connectivity index (χ0n) is 28.6. The first-order chi connectivity index (χ1) is 22.8. The fourth-order valence-corrected chi connectivity index (χ4v) is 5.20. The first-order valence-corrected chi connectivity index (χ1v) is 16.3. The van der Waals surface area contributed by atoms with Crippen molar-refractivity contribution in [1.29, 1.82) is 0 Å². The summed E-state index contributed by atoms with van der Waals surface area (Å²) in [5.41, 5.74) is 5.26. The molecule has 0 radical (unpaired) electrons. The topological polar surface area (TPSA) is 127 Å². The number of carbonyl (C=O) groups excluding carboxylic acids is 2. The summed E-state index contributed by atoms with van der Waals surface area (Å²) >= 11 is 0. The van der Waals surface area contributed by atoms with Gasteiger partial charge in [-0.3, -0.25) is 0 Å². The zero-order valence-corrected chi connectivity index (χ0v) is 28.6. The Morgan fingerprint density at radius 3 is 1.38 bits per heavy atom. The lowest BCUT2D eigenvalue weighted by molar-refractivity contribution is 0.0517. The van der Waals surface area contributed by atoms with Crippen LogP contribution in [0.2, 0.25) is 0 Å². The lowest BCUT2D eigenvalue weighted by Gasteiger charge is -2.19. The van der Waals surface area contributed by atoms with E-state index in [0.717, 1.165) is 55.6 Å². The van der Waals surface area contributed by atoms with Crippen molar-refractivity contribution in [3.05, 3.63) is 95.3 Å². The highest BCUT2D eigenvalue weighted by molar-refractivity contribution is 5.85. The number of hydrogen-bond donors (Lipinski definition) is 4. The van der Waals surface area contributed by atoms with E-state index in [1.165, 1.54) is 0 Å². The highest BCUT2D eigenvalue weighted by Crippen LogP contribution is 2.26. The Bertz CT molecular complexity index is 1710. The molecule has 5 aromatic rings. The van der Waals surface area contributed by atoms with Crippen LogP contribution in [0.3, 0.4) is 0 Å². The molecule has 5 rings (SSSR count). The molecule has 10 heteroatoms. The Kier molecular flexibility index (Phi) is 10.5. The lowest BCUT2D eigenvalue weighted by Crippen LogP contribution is -2.33. The van der Waals surface area contributed by atoms with Crippen LogP contribution in [0.15, 0.2) is 73.1 Å². The quantitative estimate of drug-likeness (QED) is 0.108. The van der Waals surface area contributed by atoms with Crippen LogP contribution < -0.4 is 20.1 Å². The number of alkyl carbamates (subject to hydrolysis) is 2. The van der Waals surface area contributed by atoms with Crippen LogP contribution in [0, 0.1) is 0 Å². The molecule has 254 valence electrons. The third kappa shape index (κ3) is 9.94. The van der Waals surface area contributed by atoms with Gasteiger partial charge in [-0.15, -0.1) is 0 Å². The van der Waals surface area contributed by atoms with E-state index in [4.69, 9.17) is 18.9 Å². The van der Waals surface area contributed by atoms with Gasteiger partial charge < -0.3 is 39.5 Å². The van der Waals surface area contributed by atoms with Gasteiger partial charge in [0, 0.05) is 47.3 Å². The minimum absolute atomic E-state index is 0.418. The maximum atomic E-state index is 12.0. The Labute approximate surface area is 281 Å². The van der Waals surface area contributed by atoms with Crippen LogP contribution in [0.4, 0.5) is 9.59 Å². The summed E-state index contributed by atoms with van der Waals surface area (Å²) in [5, 5.41) is 7.76. The molecule has 0 aliphatic heterocycles. The third-order valence-electron chi connectivity index (χ3n) is 7.44. The summed E-state index contributed by atoms with van der Waals surface area (Å²) in [6.45, 7) is 12.9. The number of aromatic amines is 2. The van der Waals surface area contributed by atoms with Gasteiger partial charge in [0.25, 0.3) is 0 Å². The van der Waals surface area contributed by atoms with Crippen molar-refractivity contribution >= 4 is 34.0 Å². The summed E-state index contributed by atoms with van der Waals surface area (Å²) in [7, 11) is 0. The SMILES string of the molecule is CC(C)(C)OC(=O)NCCc1c[nH]c2ccc(OCc3ccc(COc4ccc5[nH]cc(CCNC(=O)OC(C)(C)C)c5c4)cc3)cc12. The van der Waals surface area contributed by atoms with Crippen molar-refractivity contribution in [1.82, 2.24) is 20.6 Å². The van der Waals surface area contributed by atoms with E-state index in [1.54, 1.807) is 0 Å². The number of aromatic nitrogens is 2. The molecule has 2 aromatic heterocycles. The van der Waals surface area contributed by atoms with E-state index in [0.29, 0.717) is 39.1 Å². The second kappa shape index (κ2) is 14.8. The van der Waals surface area contributed by atoms with Gasteiger partial charge >= 0.3 is 12.2 Å². The van der Waals surface area contributed by atoms with Crippen LogP contribution in [-0.4, -0.2) is 46.4 Å².